The second-order valence-corrected chi connectivity index (χ2v) is 5.26. The van der Waals surface area contributed by atoms with Gasteiger partial charge in [0.05, 0.1) is 0 Å². The molecule has 6 nitrogen and oxygen atoms in total. The fraction of sp³-hybridized carbons (Fsp3) is 0.235. The molecule has 118 valence electrons. The molecule has 2 aromatic rings. The number of pyridine rings is 1. The van der Waals surface area contributed by atoms with Crippen molar-refractivity contribution in [1.82, 2.24) is 4.98 Å². The van der Waals surface area contributed by atoms with E-state index in [0.717, 1.165) is 12.8 Å². The highest BCUT2D eigenvalue weighted by Crippen LogP contribution is 2.17. The first-order valence-electron chi connectivity index (χ1n) is 7.46. The Kier molecular flexibility index (Phi) is 4.63. The number of hydrogen-bond acceptors (Lipinski definition) is 4. The van der Waals surface area contributed by atoms with Crippen molar-refractivity contribution < 1.29 is 14.3 Å². The van der Waals surface area contributed by atoms with Crippen molar-refractivity contribution in [2.24, 2.45) is 0 Å². The fourth-order valence-corrected chi connectivity index (χ4v) is 2.38. The summed E-state index contributed by atoms with van der Waals surface area (Å²) in [5, 5.41) is 5.57. The van der Waals surface area contributed by atoms with Crippen LogP contribution in [0.3, 0.4) is 0 Å². The van der Waals surface area contributed by atoms with Gasteiger partial charge in [0.2, 0.25) is 0 Å². The second kappa shape index (κ2) is 7.02. The van der Waals surface area contributed by atoms with E-state index in [1.54, 1.807) is 48.8 Å². The van der Waals surface area contributed by atoms with E-state index >= 15 is 0 Å². The van der Waals surface area contributed by atoms with Gasteiger partial charge in [-0.05, 0) is 43.2 Å². The first-order chi connectivity index (χ1) is 11.2. The van der Waals surface area contributed by atoms with Gasteiger partial charge in [0, 0.05) is 35.9 Å². The quantitative estimate of drug-likeness (QED) is 0.909. The number of carbonyl (C=O) groups is 2. The third-order valence-electron chi connectivity index (χ3n) is 3.55. The van der Waals surface area contributed by atoms with Gasteiger partial charge >= 0.3 is 0 Å². The number of rotatable bonds is 4. The summed E-state index contributed by atoms with van der Waals surface area (Å²) in [6.07, 6.45) is 4.44. The summed E-state index contributed by atoms with van der Waals surface area (Å²) < 4.78 is 5.35. The maximum atomic E-state index is 12.2. The number of anilines is 2. The molecule has 0 saturated carbocycles. The highest BCUT2D eigenvalue weighted by atomic mass is 16.5. The molecule has 0 bridgehead atoms. The van der Waals surface area contributed by atoms with Gasteiger partial charge in [0.15, 0.2) is 0 Å². The number of nitrogens with zero attached hydrogens (tertiary/aromatic N) is 1. The fourth-order valence-electron chi connectivity index (χ4n) is 2.38. The molecule has 1 fully saturated rings. The van der Waals surface area contributed by atoms with E-state index in [9.17, 15) is 9.59 Å². The Morgan fingerprint density at radius 3 is 2.65 bits per heavy atom. The number of amides is 2. The number of ether oxygens (including phenoxy) is 1. The summed E-state index contributed by atoms with van der Waals surface area (Å²) >= 11 is 0. The molecule has 23 heavy (non-hydrogen) atoms. The summed E-state index contributed by atoms with van der Waals surface area (Å²) in [7, 11) is 0. The lowest BCUT2D eigenvalue weighted by Crippen LogP contribution is -2.27. The highest BCUT2D eigenvalue weighted by Gasteiger charge is 2.23. The van der Waals surface area contributed by atoms with Crippen molar-refractivity contribution in [3.8, 4) is 0 Å². The van der Waals surface area contributed by atoms with Crippen LogP contribution < -0.4 is 10.6 Å². The van der Waals surface area contributed by atoms with Gasteiger partial charge in [-0.15, -0.1) is 0 Å². The number of carbonyl (C=O) groups excluding carboxylic acids is 2. The van der Waals surface area contributed by atoms with E-state index in [1.165, 1.54) is 0 Å². The average Bonchev–Trinajstić information content (AvgIpc) is 3.11. The molecule has 0 aliphatic carbocycles. The first-order valence-corrected chi connectivity index (χ1v) is 7.46. The molecule has 0 radical (unpaired) electrons. The molecule has 1 saturated heterocycles. The van der Waals surface area contributed by atoms with Crippen molar-refractivity contribution in [3.63, 3.8) is 0 Å². The lowest BCUT2D eigenvalue weighted by atomic mass is 10.1. The Morgan fingerprint density at radius 1 is 1.09 bits per heavy atom. The Bertz CT molecular complexity index is 697. The molecule has 1 unspecified atom stereocenters. The van der Waals surface area contributed by atoms with Gasteiger partial charge in [-0.1, -0.05) is 6.07 Å². The summed E-state index contributed by atoms with van der Waals surface area (Å²) in [6.45, 7) is 0.618. The van der Waals surface area contributed by atoms with E-state index in [0.29, 0.717) is 23.5 Å². The van der Waals surface area contributed by atoms with Crippen LogP contribution in [-0.4, -0.2) is 29.5 Å². The zero-order chi connectivity index (χ0) is 16.1. The minimum Gasteiger partial charge on any atom is -0.368 e. The Hall–Kier alpha value is -2.73. The molecule has 1 aromatic heterocycles. The largest absolute Gasteiger partial charge is 0.368 e. The first kappa shape index (κ1) is 15.2. The van der Waals surface area contributed by atoms with Crippen LogP contribution in [0.15, 0.2) is 48.8 Å². The lowest BCUT2D eigenvalue weighted by Gasteiger charge is -2.11. The van der Waals surface area contributed by atoms with Crippen LogP contribution >= 0.6 is 0 Å². The van der Waals surface area contributed by atoms with Gasteiger partial charge < -0.3 is 15.4 Å². The van der Waals surface area contributed by atoms with Gasteiger partial charge in [-0.3, -0.25) is 14.6 Å². The van der Waals surface area contributed by atoms with Crippen molar-refractivity contribution >= 4 is 23.2 Å². The standard InChI is InChI=1S/C17H17N3O3/c21-16(19-13-6-8-18-9-7-13)12-3-1-4-14(11-12)20-17(22)15-5-2-10-23-15/h1,3-4,6-9,11,15H,2,5,10H2,(H,20,22)(H,18,19,21). The molecule has 1 aromatic carbocycles. The molecular weight excluding hydrogens is 294 g/mol. The van der Waals surface area contributed by atoms with Crippen molar-refractivity contribution in [3.05, 3.63) is 54.4 Å². The molecule has 2 heterocycles. The summed E-state index contributed by atoms with van der Waals surface area (Å²) in [6, 6.07) is 10.2. The second-order valence-electron chi connectivity index (χ2n) is 5.26. The molecular formula is C17H17N3O3. The Balaban J connectivity index is 1.67. The van der Waals surface area contributed by atoms with Gasteiger partial charge in [0.1, 0.15) is 6.10 Å². The minimum absolute atomic E-state index is 0.172. The van der Waals surface area contributed by atoms with Crippen LogP contribution in [0.4, 0.5) is 11.4 Å². The van der Waals surface area contributed by atoms with Crippen molar-refractivity contribution in [2.75, 3.05) is 17.2 Å². The molecule has 3 rings (SSSR count). The number of hydrogen-bond donors (Lipinski definition) is 2. The molecule has 2 N–H and O–H groups in total. The Morgan fingerprint density at radius 2 is 1.91 bits per heavy atom. The monoisotopic (exact) mass is 311 g/mol. The van der Waals surface area contributed by atoms with Crippen LogP contribution in [-0.2, 0) is 9.53 Å². The molecule has 0 spiro atoms. The van der Waals surface area contributed by atoms with Crippen molar-refractivity contribution in [2.45, 2.75) is 18.9 Å². The molecule has 1 aliphatic heterocycles. The summed E-state index contributed by atoms with van der Waals surface area (Å²) in [5.74, 6) is -0.418. The van der Waals surface area contributed by atoms with Gasteiger partial charge in [-0.25, -0.2) is 0 Å². The van der Waals surface area contributed by atoms with E-state index in [-0.39, 0.29) is 11.8 Å². The topological polar surface area (TPSA) is 80.3 Å². The number of nitrogens with one attached hydrogen (secondary N) is 2. The number of aromatic nitrogens is 1. The van der Waals surface area contributed by atoms with Crippen LogP contribution in [0.5, 0.6) is 0 Å². The summed E-state index contributed by atoms with van der Waals surface area (Å²) in [4.78, 5) is 28.2. The van der Waals surface area contributed by atoms with Crippen LogP contribution in [0, 0.1) is 0 Å². The SMILES string of the molecule is O=C(Nc1ccncc1)c1cccc(NC(=O)C2CCCO2)c1. The molecule has 6 heteroatoms. The minimum atomic E-state index is -0.399. The van der Waals surface area contributed by atoms with Crippen molar-refractivity contribution in [1.29, 1.82) is 0 Å². The van der Waals surface area contributed by atoms with Crippen LogP contribution in [0.25, 0.3) is 0 Å². The van der Waals surface area contributed by atoms with E-state index in [1.807, 2.05) is 0 Å². The zero-order valence-electron chi connectivity index (χ0n) is 12.5. The third-order valence-corrected chi connectivity index (χ3v) is 3.55. The summed E-state index contributed by atoms with van der Waals surface area (Å²) in [5.41, 5.74) is 1.71. The maximum Gasteiger partial charge on any atom is 0.255 e. The molecule has 2 amide bonds. The van der Waals surface area contributed by atoms with Crippen LogP contribution in [0.1, 0.15) is 23.2 Å². The predicted octanol–water partition coefficient (Wildman–Crippen LogP) is 2.45. The smallest absolute Gasteiger partial charge is 0.255 e. The average molecular weight is 311 g/mol. The highest BCUT2D eigenvalue weighted by molar-refractivity contribution is 6.05. The third kappa shape index (κ3) is 3.92. The normalized spacial score (nSPS) is 16.8. The Labute approximate surface area is 133 Å². The van der Waals surface area contributed by atoms with E-state index in [2.05, 4.69) is 15.6 Å². The zero-order valence-corrected chi connectivity index (χ0v) is 12.5. The maximum absolute atomic E-state index is 12.2. The van der Waals surface area contributed by atoms with E-state index < -0.39 is 6.10 Å². The number of benzene rings is 1. The van der Waals surface area contributed by atoms with Gasteiger partial charge in [0.25, 0.3) is 11.8 Å². The molecule has 1 atom stereocenters. The predicted molar refractivity (Wildman–Crippen MR) is 86.2 cm³/mol. The van der Waals surface area contributed by atoms with Gasteiger partial charge in [-0.2, -0.15) is 0 Å². The lowest BCUT2D eigenvalue weighted by molar-refractivity contribution is -0.124. The van der Waals surface area contributed by atoms with E-state index in [4.69, 9.17) is 4.74 Å². The van der Waals surface area contributed by atoms with Crippen LogP contribution in [0.2, 0.25) is 0 Å². The molecule has 1 aliphatic rings.